The largest absolute Gasteiger partial charge is 0.485 e. The fraction of sp³-hybridized carbons (Fsp3) is 0.182. The number of halogens is 1. The van der Waals surface area contributed by atoms with Crippen molar-refractivity contribution in [1.29, 1.82) is 0 Å². The van der Waals surface area contributed by atoms with E-state index in [1.807, 2.05) is 0 Å². The van der Waals surface area contributed by atoms with E-state index in [2.05, 4.69) is 0 Å². The van der Waals surface area contributed by atoms with Crippen LogP contribution in [0.5, 0.6) is 11.5 Å². The van der Waals surface area contributed by atoms with Crippen LogP contribution < -0.4 is 9.47 Å². The number of aldehydes is 1. The van der Waals surface area contributed by atoms with Gasteiger partial charge in [0.05, 0.1) is 16.1 Å². The zero-order valence-electron chi connectivity index (χ0n) is 8.94. The first-order valence-corrected chi connectivity index (χ1v) is 5.29. The van der Waals surface area contributed by atoms with Gasteiger partial charge in [-0.2, -0.15) is 0 Å². The number of fused-ring (bicyclic) bond motifs is 1. The Kier molecular flexibility index (Phi) is 3.20. The van der Waals surface area contributed by atoms with E-state index in [0.717, 1.165) is 6.07 Å². The van der Waals surface area contributed by atoms with Crippen molar-refractivity contribution in [2.75, 3.05) is 13.2 Å². The number of aliphatic carboxylic acids is 1. The fourth-order valence-corrected chi connectivity index (χ4v) is 1.83. The lowest BCUT2D eigenvalue weighted by Crippen LogP contribution is -2.21. The third kappa shape index (κ3) is 1.91. The second kappa shape index (κ2) is 4.66. The molecule has 0 atom stereocenters. The molecule has 1 heterocycles. The van der Waals surface area contributed by atoms with Gasteiger partial charge in [0.2, 0.25) is 0 Å². The molecule has 94 valence electrons. The second-order valence-electron chi connectivity index (χ2n) is 3.43. The van der Waals surface area contributed by atoms with Gasteiger partial charge in [-0.05, 0) is 6.07 Å². The van der Waals surface area contributed by atoms with Gasteiger partial charge in [0.25, 0.3) is 5.78 Å². The van der Waals surface area contributed by atoms with Crippen molar-refractivity contribution in [3.8, 4) is 11.5 Å². The topological polar surface area (TPSA) is 89.9 Å². The molecule has 0 saturated carbocycles. The molecule has 18 heavy (non-hydrogen) atoms. The Morgan fingerprint density at radius 2 is 1.89 bits per heavy atom. The van der Waals surface area contributed by atoms with E-state index in [9.17, 15) is 14.4 Å². The molecule has 1 aliphatic heterocycles. The third-order valence-electron chi connectivity index (χ3n) is 2.36. The number of carboxylic acid groups (broad SMARTS) is 1. The summed E-state index contributed by atoms with van der Waals surface area (Å²) in [5.74, 6) is -2.86. The lowest BCUT2D eigenvalue weighted by Gasteiger charge is -2.22. The van der Waals surface area contributed by atoms with Crippen molar-refractivity contribution in [2.45, 2.75) is 0 Å². The van der Waals surface area contributed by atoms with E-state index < -0.39 is 11.8 Å². The predicted octanol–water partition coefficient (Wildman–Crippen LogP) is 1.19. The number of Topliss-reactive ketones (excluding diaryl/α,β-unsaturated/α-hetero) is 1. The van der Waals surface area contributed by atoms with E-state index in [1.54, 1.807) is 0 Å². The summed E-state index contributed by atoms with van der Waals surface area (Å²) in [5, 5.41) is 8.64. The maximum atomic E-state index is 11.5. The van der Waals surface area contributed by atoms with Gasteiger partial charge in [-0.1, -0.05) is 11.6 Å². The van der Waals surface area contributed by atoms with Gasteiger partial charge in [-0.3, -0.25) is 9.59 Å². The van der Waals surface area contributed by atoms with Gasteiger partial charge in [0.15, 0.2) is 17.8 Å². The fourth-order valence-electron chi connectivity index (χ4n) is 1.59. The van der Waals surface area contributed by atoms with Crippen molar-refractivity contribution < 1.29 is 29.0 Å². The number of ether oxygens (including phenoxy) is 2. The minimum atomic E-state index is -1.64. The molecule has 0 fully saturated rings. The molecule has 1 aromatic carbocycles. The summed E-state index contributed by atoms with van der Waals surface area (Å²) in [4.78, 5) is 33.1. The van der Waals surface area contributed by atoms with Crippen molar-refractivity contribution in [3.63, 3.8) is 0 Å². The Morgan fingerprint density at radius 3 is 2.44 bits per heavy atom. The molecule has 1 aromatic rings. The molecule has 1 aliphatic rings. The molecular formula is C11H7ClO6. The number of rotatable bonds is 3. The monoisotopic (exact) mass is 270 g/mol. The van der Waals surface area contributed by atoms with E-state index in [-0.39, 0.29) is 40.9 Å². The van der Waals surface area contributed by atoms with Crippen LogP contribution >= 0.6 is 11.6 Å². The smallest absolute Gasteiger partial charge is 0.377 e. The molecule has 0 spiro atoms. The summed E-state index contributed by atoms with van der Waals surface area (Å²) < 4.78 is 10.4. The minimum Gasteiger partial charge on any atom is -0.485 e. The summed E-state index contributed by atoms with van der Waals surface area (Å²) in [7, 11) is 0. The first kappa shape index (κ1) is 12.4. The van der Waals surface area contributed by atoms with Crippen LogP contribution in [0.4, 0.5) is 0 Å². The Hall–Kier alpha value is -2.08. The van der Waals surface area contributed by atoms with Gasteiger partial charge < -0.3 is 14.6 Å². The van der Waals surface area contributed by atoms with E-state index in [4.69, 9.17) is 26.2 Å². The summed E-state index contributed by atoms with van der Waals surface area (Å²) in [6.07, 6.45) is 0.463. The maximum absolute atomic E-state index is 11.5. The number of ketones is 1. The van der Waals surface area contributed by atoms with Gasteiger partial charge in [0.1, 0.15) is 13.2 Å². The average Bonchev–Trinajstić information content (AvgIpc) is 2.37. The van der Waals surface area contributed by atoms with Crippen LogP contribution in [-0.2, 0) is 4.79 Å². The zero-order chi connectivity index (χ0) is 13.3. The minimum absolute atomic E-state index is 0.00773. The van der Waals surface area contributed by atoms with Crippen molar-refractivity contribution in [3.05, 3.63) is 22.2 Å². The van der Waals surface area contributed by atoms with Gasteiger partial charge in [-0.25, -0.2) is 4.79 Å². The Bertz CT molecular complexity index is 551. The molecule has 0 amide bonds. The number of carbonyl (C=O) groups is 3. The van der Waals surface area contributed by atoms with Crippen LogP contribution in [0.3, 0.4) is 0 Å². The number of benzene rings is 1. The predicted molar refractivity (Wildman–Crippen MR) is 59.8 cm³/mol. The first-order valence-electron chi connectivity index (χ1n) is 4.91. The molecule has 0 aliphatic carbocycles. The molecule has 1 N–H and O–H groups in total. The summed E-state index contributed by atoms with van der Waals surface area (Å²) in [6, 6.07) is 1.09. The average molecular weight is 271 g/mol. The lowest BCUT2D eigenvalue weighted by molar-refractivity contribution is -0.131. The van der Waals surface area contributed by atoms with Gasteiger partial charge in [-0.15, -0.1) is 0 Å². The van der Waals surface area contributed by atoms with Crippen LogP contribution in [-0.4, -0.2) is 36.4 Å². The summed E-state index contributed by atoms with van der Waals surface area (Å²) >= 11 is 5.80. The highest BCUT2D eigenvalue weighted by atomic mass is 35.5. The maximum Gasteiger partial charge on any atom is 0.377 e. The molecule has 7 heteroatoms. The number of hydrogen-bond acceptors (Lipinski definition) is 5. The van der Waals surface area contributed by atoms with Crippen LogP contribution in [0, 0.1) is 0 Å². The Labute approximate surface area is 106 Å². The summed E-state index contributed by atoms with van der Waals surface area (Å²) in [6.45, 7) is 0.349. The second-order valence-corrected chi connectivity index (χ2v) is 3.83. The van der Waals surface area contributed by atoms with E-state index in [0.29, 0.717) is 6.29 Å². The molecule has 6 nitrogen and oxygen atoms in total. The van der Waals surface area contributed by atoms with Crippen LogP contribution in [0.2, 0.25) is 5.02 Å². The molecule has 0 unspecified atom stereocenters. The van der Waals surface area contributed by atoms with E-state index >= 15 is 0 Å². The first-order chi connectivity index (χ1) is 8.56. The van der Waals surface area contributed by atoms with Crippen molar-refractivity contribution >= 4 is 29.6 Å². The molecule has 0 bridgehead atoms. The molecule has 2 rings (SSSR count). The highest BCUT2D eigenvalue weighted by Crippen LogP contribution is 2.40. The third-order valence-corrected chi connectivity index (χ3v) is 2.67. The Morgan fingerprint density at radius 1 is 1.28 bits per heavy atom. The standard InChI is InChI=1S/C11H7ClO6/c12-7-3-5(8(14)11(15)16)9-10(6(7)4-13)18-2-1-17-9/h3-4H,1-2H2,(H,15,16). The quantitative estimate of drug-likeness (QED) is 0.504. The highest BCUT2D eigenvalue weighted by Gasteiger charge is 2.28. The van der Waals surface area contributed by atoms with Crippen LogP contribution in [0.1, 0.15) is 20.7 Å². The van der Waals surface area contributed by atoms with Gasteiger partial charge in [0, 0.05) is 0 Å². The van der Waals surface area contributed by atoms with Gasteiger partial charge >= 0.3 is 5.97 Å². The molecule has 0 radical (unpaired) electrons. The molecular weight excluding hydrogens is 264 g/mol. The molecule has 0 aromatic heterocycles. The van der Waals surface area contributed by atoms with Crippen molar-refractivity contribution in [2.24, 2.45) is 0 Å². The van der Waals surface area contributed by atoms with Crippen molar-refractivity contribution in [1.82, 2.24) is 0 Å². The normalized spacial score (nSPS) is 12.9. The highest BCUT2D eigenvalue weighted by molar-refractivity contribution is 6.42. The number of hydrogen-bond donors (Lipinski definition) is 1. The zero-order valence-corrected chi connectivity index (χ0v) is 9.69. The van der Waals surface area contributed by atoms with E-state index in [1.165, 1.54) is 0 Å². The lowest BCUT2D eigenvalue weighted by atomic mass is 10.0. The Balaban J connectivity index is 2.68. The summed E-state index contributed by atoms with van der Waals surface area (Å²) in [5.41, 5.74) is -0.193. The SMILES string of the molecule is O=Cc1c(Cl)cc(C(=O)C(=O)O)c2c1OCCO2. The number of carbonyl (C=O) groups excluding carboxylic acids is 2. The van der Waals surface area contributed by atoms with Crippen LogP contribution in [0.15, 0.2) is 6.07 Å². The number of carboxylic acids is 1. The van der Waals surface area contributed by atoms with Crippen LogP contribution in [0.25, 0.3) is 0 Å². The molecule has 0 saturated heterocycles.